The molecular formula is C14H19F3N2. The quantitative estimate of drug-likeness (QED) is 0.817. The summed E-state index contributed by atoms with van der Waals surface area (Å²) in [6.07, 6.45) is -5.01. The molecule has 2 nitrogen and oxygen atoms in total. The van der Waals surface area contributed by atoms with Crippen LogP contribution in [0.4, 0.5) is 18.9 Å². The molecular weight excluding hydrogens is 253 g/mol. The minimum Gasteiger partial charge on any atom is -0.369 e. The highest BCUT2D eigenvalue weighted by atomic mass is 19.4. The Labute approximate surface area is 111 Å². The van der Waals surface area contributed by atoms with Crippen molar-refractivity contribution in [3.05, 3.63) is 29.3 Å². The van der Waals surface area contributed by atoms with E-state index in [4.69, 9.17) is 0 Å². The van der Waals surface area contributed by atoms with Crippen LogP contribution in [0.1, 0.15) is 11.1 Å². The lowest BCUT2D eigenvalue weighted by molar-refractivity contribution is -0.127. The first-order valence-corrected chi connectivity index (χ1v) is 6.45. The number of nitrogens with zero attached hydrogens (tertiary/aromatic N) is 2. The monoisotopic (exact) mass is 272 g/mol. The maximum absolute atomic E-state index is 12.7. The molecule has 19 heavy (non-hydrogen) atoms. The van der Waals surface area contributed by atoms with Crippen molar-refractivity contribution < 1.29 is 13.2 Å². The number of alkyl halides is 3. The highest BCUT2D eigenvalue weighted by Crippen LogP contribution is 2.29. The maximum atomic E-state index is 12.7. The molecule has 0 saturated carbocycles. The average molecular weight is 272 g/mol. The molecule has 1 aromatic rings. The zero-order valence-corrected chi connectivity index (χ0v) is 11.3. The topological polar surface area (TPSA) is 6.48 Å². The summed E-state index contributed by atoms with van der Waals surface area (Å²) >= 11 is 0. The van der Waals surface area contributed by atoms with Crippen LogP contribution in [-0.4, -0.2) is 44.3 Å². The van der Waals surface area contributed by atoms with E-state index in [2.05, 4.69) is 9.80 Å². The van der Waals surface area contributed by atoms with E-state index >= 15 is 0 Å². The fourth-order valence-corrected chi connectivity index (χ4v) is 2.43. The number of benzene rings is 1. The molecule has 0 aliphatic carbocycles. The van der Waals surface area contributed by atoms with Crippen LogP contribution in [0.2, 0.25) is 0 Å². The lowest BCUT2D eigenvalue weighted by Gasteiger charge is -2.35. The number of anilines is 1. The summed E-state index contributed by atoms with van der Waals surface area (Å²) in [5.41, 5.74) is 1.99. The smallest absolute Gasteiger partial charge is 0.369 e. The first kappa shape index (κ1) is 14.2. The summed E-state index contributed by atoms with van der Waals surface area (Å²) in [4.78, 5) is 4.24. The van der Waals surface area contributed by atoms with Crippen molar-refractivity contribution in [2.45, 2.75) is 19.5 Å². The van der Waals surface area contributed by atoms with Crippen LogP contribution in [0.15, 0.2) is 18.2 Å². The summed E-state index contributed by atoms with van der Waals surface area (Å²) in [5.74, 6) is 0. The number of aryl methyl sites for hydroxylation is 1. The third-order valence-corrected chi connectivity index (χ3v) is 3.47. The Morgan fingerprint density at radius 3 is 2.32 bits per heavy atom. The zero-order valence-electron chi connectivity index (χ0n) is 11.3. The van der Waals surface area contributed by atoms with E-state index in [9.17, 15) is 13.2 Å². The Kier molecular flexibility index (Phi) is 4.04. The van der Waals surface area contributed by atoms with Gasteiger partial charge in [-0.3, -0.25) is 0 Å². The number of rotatable bonds is 2. The van der Waals surface area contributed by atoms with Crippen molar-refractivity contribution >= 4 is 5.69 Å². The van der Waals surface area contributed by atoms with Gasteiger partial charge in [0, 0.05) is 31.9 Å². The van der Waals surface area contributed by atoms with E-state index in [0.29, 0.717) is 5.56 Å². The Morgan fingerprint density at radius 2 is 1.74 bits per heavy atom. The van der Waals surface area contributed by atoms with E-state index in [1.807, 2.05) is 26.1 Å². The second-order valence-corrected chi connectivity index (χ2v) is 5.21. The van der Waals surface area contributed by atoms with Crippen LogP contribution < -0.4 is 4.90 Å². The third kappa shape index (κ3) is 3.86. The van der Waals surface area contributed by atoms with Gasteiger partial charge in [0.2, 0.25) is 0 Å². The number of likely N-dealkylation sites (N-methyl/N-ethyl adjacent to an activating group) is 1. The Balaban J connectivity index is 2.24. The van der Waals surface area contributed by atoms with Crippen LogP contribution in [0.5, 0.6) is 0 Å². The van der Waals surface area contributed by atoms with Gasteiger partial charge in [-0.1, -0.05) is 17.7 Å². The van der Waals surface area contributed by atoms with E-state index < -0.39 is 12.6 Å². The lowest BCUT2D eigenvalue weighted by atomic mass is 10.0. The molecule has 106 valence electrons. The van der Waals surface area contributed by atoms with E-state index in [1.165, 1.54) is 0 Å². The Bertz CT molecular complexity index is 435. The van der Waals surface area contributed by atoms with Gasteiger partial charge in [-0.05, 0) is 25.6 Å². The molecule has 1 aliphatic heterocycles. The van der Waals surface area contributed by atoms with Gasteiger partial charge in [0.1, 0.15) is 0 Å². The average Bonchev–Trinajstić information content (AvgIpc) is 2.29. The predicted molar refractivity (Wildman–Crippen MR) is 70.6 cm³/mol. The largest absolute Gasteiger partial charge is 0.393 e. The van der Waals surface area contributed by atoms with Gasteiger partial charge < -0.3 is 9.80 Å². The first-order chi connectivity index (χ1) is 8.85. The molecule has 1 saturated heterocycles. The van der Waals surface area contributed by atoms with E-state index in [0.717, 1.165) is 37.4 Å². The Hall–Kier alpha value is -1.23. The third-order valence-electron chi connectivity index (χ3n) is 3.47. The summed E-state index contributed by atoms with van der Waals surface area (Å²) in [6, 6.07) is 5.36. The van der Waals surface area contributed by atoms with Gasteiger partial charge >= 0.3 is 6.18 Å². The van der Waals surface area contributed by atoms with Crippen molar-refractivity contribution in [3.63, 3.8) is 0 Å². The normalized spacial score (nSPS) is 17.8. The molecule has 1 aliphatic rings. The summed E-state index contributed by atoms with van der Waals surface area (Å²) < 4.78 is 38.0. The Morgan fingerprint density at radius 1 is 1.11 bits per heavy atom. The van der Waals surface area contributed by atoms with E-state index in [1.54, 1.807) is 6.07 Å². The standard InChI is InChI=1S/C14H19F3N2/c1-11-3-4-13(12(9-11)10-14(15,16)17)19-7-5-18(2)6-8-19/h3-4,9H,5-8,10H2,1-2H3. The molecule has 0 unspecified atom stereocenters. The van der Waals surface area contributed by atoms with Crippen molar-refractivity contribution in [1.29, 1.82) is 0 Å². The predicted octanol–water partition coefficient (Wildman–Crippen LogP) is 2.85. The van der Waals surface area contributed by atoms with Gasteiger partial charge in [-0.2, -0.15) is 13.2 Å². The van der Waals surface area contributed by atoms with E-state index in [-0.39, 0.29) is 0 Å². The van der Waals surface area contributed by atoms with Gasteiger partial charge in [-0.15, -0.1) is 0 Å². The van der Waals surface area contributed by atoms with Crippen LogP contribution in [0.25, 0.3) is 0 Å². The number of halogens is 3. The minimum absolute atomic E-state index is 0.386. The fourth-order valence-electron chi connectivity index (χ4n) is 2.43. The molecule has 0 spiro atoms. The highest BCUT2D eigenvalue weighted by Gasteiger charge is 2.30. The number of piperazine rings is 1. The van der Waals surface area contributed by atoms with Crippen molar-refractivity contribution in [1.82, 2.24) is 4.90 Å². The molecule has 0 atom stereocenters. The molecule has 1 fully saturated rings. The molecule has 0 radical (unpaired) electrons. The summed E-state index contributed by atoms with van der Waals surface area (Å²) in [5, 5.41) is 0. The molecule has 1 aromatic carbocycles. The van der Waals surface area contributed by atoms with Gasteiger partial charge in [0.05, 0.1) is 6.42 Å². The second kappa shape index (κ2) is 5.41. The number of hydrogen-bond acceptors (Lipinski definition) is 2. The van der Waals surface area contributed by atoms with Gasteiger partial charge in [0.25, 0.3) is 0 Å². The lowest BCUT2D eigenvalue weighted by Crippen LogP contribution is -2.45. The molecule has 0 bridgehead atoms. The molecule has 0 N–H and O–H groups in total. The second-order valence-electron chi connectivity index (χ2n) is 5.21. The highest BCUT2D eigenvalue weighted by molar-refractivity contribution is 5.55. The SMILES string of the molecule is Cc1ccc(N2CCN(C)CC2)c(CC(F)(F)F)c1. The fraction of sp³-hybridized carbons (Fsp3) is 0.571. The molecule has 1 heterocycles. The van der Waals surface area contributed by atoms with Crippen LogP contribution >= 0.6 is 0 Å². The van der Waals surface area contributed by atoms with Crippen molar-refractivity contribution in [3.8, 4) is 0 Å². The molecule has 5 heteroatoms. The van der Waals surface area contributed by atoms with Crippen molar-refractivity contribution in [2.75, 3.05) is 38.1 Å². The molecule has 0 amide bonds. The summed E-state index contributed by atoms with van der Waals surface area (Å²) in [6.45, 7) is 5.17. The number of hydrogen-bond donors (Lipinski definition) is 0. The van der Waals surface area contributed by atoms with Gasteiger partial charge in [-0.25, -0.2) is 0 Å². The van der Waals surface area contributed by atoms with Crippen molar-refractivity contribution in [2.24, 2.45) is 0 Å². The maximum Gasteiger partial charge on any atom is 0.393 e. The van der Waals surface area contributed by atoms with Gasteiger partial charge in [0.15, 0.2) is 0 Å². The molecule has 0 aromatic heterocycles. The first-order valence-electron chi connectivity index (χ1n) is 6.45. The van der Waals surface area contributed by atoms with Crippen LogP contribution in [0, 0.1) is 6.92 Å². The zero-order chi connectivity index (χ0) is 14.0. The molecule has 2 rings (SSSR count). The summed E-state index contributed by atoms with van der Waals surface area (Å²) in [7, 11) is 2.03. The minimum atomic E-state index is -4.16. The van der Waals surface area contributed by atoms with Crippen LogP contribution in [0.3, 0.4) is 0 Å². The van der Waals surface area contributed by atoms with Crippen LogP contribution in [-0.2, 0) is 6.42 Å².